The molecule has 0 spiro atoms. The highest BCUT2D eigenvalue weighted by atomic mass is 16.4. The van der Waals surface area contributed by atoms with Crippen LogP contribution in [0.15, 0.2) is 5.16 Å². The Bertz CT molecular complexity index is 222. The van der Waals surface area contributed by atoms with Gasteiger partial charge in [-0.15, -0.1) is 0 Å². The van der Waals surface area contributed by atoms with Crippen molar-refractivity contribution in [3.63, 3.8) is 0 Å². The first-order valence-corrected chi connectivity index (χ1v) is 6.34. The molecule has 0 radical (unpaired) electrons. The summed E-state index contributed by atoms with van der Waals surface area (Å²) in [5, 5.41) is 11.7. The van der Waals surface area contributed by atoms with Crippen molar-refractivity contribution in [2.24, 2.45) is 16.8 Å². The van der Waals surface area contributed by atoms with Crippen LogP contribution in [0.2, 0.25) is 0 Å². The van der Waals surface area contributed by atoms with E-state index in [9.17, 15) is 0 Å². The van der Waals surface area contributed by atoms with Gasteiger partial charge in [0.2, 0.25) is 0 Å². The largest absolute Gasteiger partial charge is 0.409 e. The zero-order valence-corrected chi connectivity index (χ0v) is 10.5. The van der Waals surface area contributed by atoms with Crippen LogP contribution >= 0.6 is 0 Å². The van der Waals surface area contributed by atoms with Gasteiger partial charge >= 0.3 is 0 Å². The van der Waals surface area contributed by atoms with Crippen molar-refractivity contribution in [3.05, 3.63) is 0 Å². The minimum Gasteiger partial charge on any atom is -0.409 e. The van der Waals surface area contributed by atoms with Crippen molar-refractivity contribution in [1.29, 1.82) is 0 Å². The van der Waals surface area contributed by atoms with E-state index in [1.807, 2.05) is 0 Å². The lowest BCUT2D eigenvalue weighted by molar-refractivity contribution is 0.211. The fourth-order valence-corrected chi connectivity index (χ4v) is 2.32. The van der Waals surface area contributed by atoms with E-state index in [0.29, 0.717) is 24.3 Å². The first kappa shape index (κ1) is 13.3. The highest BCUT2D eigenvalue weighted by Crippen LogP contribution is 2.23. The SMILES string of the molecule is CC(C)CCN(CC(N)=NO)C1CCCC1. The number of nitrogens with two attached hydrogens (primary N) is 1. The molecule has 0 aromatic heterocycles. The molecule has 1 aliphatic carbocycles. The summed E-state index contributed by atoms with van der Waals surface area (Å²) in [6.07, 6.45) is 6.33. The average Bonchev–Trinajstić information content (AvgIpc) is 2.76. The molecule has 1 rings (SSSR count). The third kappa shape index (κ3) is 4.39. The Kier molecular flexibility index (Phi) is 5.60. The molecular formula is C12H25N3O. The summed E-state index contributed by atoms with van der Waals surface area (Å²) in [6.45, 7) is 6.12. The summed E-state index contributed by atoms with van der Waals surface area (Å²) >= 11 is 0. The van der Waals surface area contributed by atoms with Crippen LogP contribution in [0.1, 0.15) is 46.0 Å². The van der Waals surface area contributed by atoms with E-state index in [1.165, 1.54) is 32.1 Å². The van der Waals surface area contributed by atoms with Gasteiger partial charge in [0.25, 0.3) is 0 Å². The maximum atomic E-state index is 8.64. The van der Waals surface area contributed by atoms with Crippen molar-refractivity contribution in [2.75, 3.05) is 13.1 Å². The van der Waals surface area contributed by atoms with E-state index in [2.05, 4.69) is 23.9 Å². The number of hydrogen-bond donors (Lipinski definition) is 2. The summed E-state index contributed by atoms with van der Waals surface area (Å²) in [7, 11) is 0. The standard InChI is InChI=1S/C12H25N3O/c1-10(2)7-8-15(9-12(13)14-16)11-5-3-4-6-11/h10-11,16H,3-9H2,1-2H3,(H2,13,14). The summed E-state index contributed by atoms with van der Waals surface area (Å²) in [6, 6.07) is 0.638. The van der Waals surface area contributed by atoms with Crippen LogP contribution in [0.25, 0.3) is 0 Å². The lowest BCUT2D eigenvalue weighted by Crippen LogP contribution is -2.41. The number of amidine groups is 1. The van der Waals surface area contributed by atoms with Crippen LogP contribution in [0.3, 0.4) is 0 Å². The Balaban J connectivity index is 2.46. The minimum atomic E-state index is 0.329. The molecule has 0 aromatic carbocycles. The highest BCUT2D eigenvalue weighted by Gasteiger charge is 2.23. The molecule has 0 aromatic rings. The first-order chi connectivity index (χ1) is 7.63. The molecule has 0 amide bonds. The first-order valence-electron chi connectivity index (χ1n) is 6.34. The molecule has 0 aliphatic heterocycles. The van der Waals surface area contributed by atoms with Crippen molar-refractivity contribution in [1.82, 2.24) is 4.90 Å². The summed E-state index contributed by atoms with van der Waals surface area (Å²) < 4.78 is 0. The topological polar surface area (TPSA) is 61.8 Å². The minimum absolute atomic E-state index is 0.329. The molecule has 0 heterocycles. The number of hydrogen-bond acceptors (Lipinski definition) is 3. The predicted octanol–water partition coefficient (Wildman–Crippen LogP) is 2.02. The molecule has 4 heteroatoms. The molecule has 3 N–H and O–H groups in total. The molecule has 0 saturated heterocycles. The fraction of sp³-hybridized carbons (Fsp3) is 0.917. The monoisotopic (exact) mass is 227 g/mol. The second kappa shape index (κ2) is 6.74. The van der Waals surface area contributed by atoms with Crippen molar-refractivity contribution < 1.29 is 5.21 Å². The van der Waals surface area contributed by atoms with Gasteiger partial charge < -0.3 is 10.9 Å². The summed E-state index contributed by atoms with van der Waals surface area (Å²) in [4.78, 5) is 2.38. The molecular weight excluding hydrogens is 202 g/mol. The van der Waals surface area contributed by atoms with E-state index in [1.54, 1.807) is 0 Å². The van der Waals surface area contributed by atoms with Gasteiger partial charge in [0.15, 0.2) is 5.84 Å². The van der Waals surface area contributed by atoms with Gasteiger partial charge in [-0.25, -0.2) is 0 Å². The summed E-state index contributed by atoms with van der Waals surface area (Å²) in [5.41, 5.74) is 5.61. The smallest absolute Gasteiger partial charge is 0.153 e. The van der Waals surface area contributed by atoms with E-state index in [-0.39, 0.29) is 0 Å². The number of nitrogens with zero attached hydrogens (tertiary/aromatic N) is 2. The molecule has 1 fully saturated rings. The molecule has 16 heavy (non-hydrogen) atoms. The van der Waals surface area contributed by atoms with E-state index in [4.69, 9.17) is 10.9 Å². The van der Waals surface area contributed by atoms with E-state index in [0.717, 1.165) is 6.54 Å². The molecule has 4 nitrogen and oxygen atoms in total. The lowest BCUT2D eigenvalue weighted by atomic mass is 10.1. The lowest BCUT2D eigenvalue weighted by Gasteiger charge is -2.28. The normalized spacial score (nSPS) is 18.9. The van der Waals surface area contributed by atoms with Crippen LogP contribution in [0.4, 0.5) is 0 Å². The number of rotatable bonds is 6. The van der Waals surface area contributed by atoms with Crippen molar-refractivity contribution >= 4 is 5.84 Å². The number of oxime groups is 1. The van der Waals surface area contributed by atoms with Gasteiger partial charge in [0.1, 0.15) is 0 Å². The van der Waals surface area contributed by atoms with Crippen LogP contribution in [0, 0.1) is 5.92 Å². The van der Waals surface area contributed by atoms with Gasteiger partial charge in [-0.05, 0) is 31.7 Å². The van der Waals surface area contributed by atoms with Crippen molar-refractivity contribution in [2.45, 2.75) is 52.0 Å². The second-order valence-electron chi connectivity index (χ2n) is 5.18. The van der Waals surface area contributed by atoms with E-state index < -0.39 is 0 Å². The van der Waals surface area contributed by atoms with Crippen LogP contribution in [-0.4, -0.2) is 35.1 Å². The molecule has 1 saturated carbocycles. The molecule has 0 unspecified atom stereocenters. The van der Waals surface area contributed by atoms with Crippen molar-refractivity contribution in [3.8, 4) is 0 Å². The predicted molar refractivity (Wildman–Crippen MR) is 66.7 cm³/mol. The van der Waals surface area contributed by atoms with E-state index >= 15 is 0 Å². The zero-order valence-electron chi connectivity index (χ0n) is 10.5. The maximum absolute atomic E-state index is 8.64. The third-order valence-electron chi connectivity index (χ3n) is 3.33. The highest BCUT2D eigenvalue weighted by molar-refractivity contribution is 5.81. The maximum Gasteiger partial charge on any atom is 0.153 e. The third-order valence-corrected chi connectivity index (χ3v) is 3.33. The molecule has 0 atom stereocenters. The van der Waals surface area contributed by atoms with Crippen LogP contribution in [-0.2, 0) is 0 Å². The summed E-state index contributed by atoms with van der Waals surface area (Å²) in [5.74, 6) is 1.03. The van der Waals surface area contributed by atoms with Gasteiger partial charge in [0.05, 0.1) is 6.54 Å². The van der Waals surface area contributed by atoms with Gasteiger partial charge in [-0.3, -0.25) is 4.90 Å². The molecule has 0 bridgehead atoms. The Labute approximate surface area is 98.5 Å². The van der Waals surface area contributed by atoms with Crippen LogP contribution < -0.4 is 5.73 Å². The van der Waals surface area contributed by atoms with Gasteiger partial charge in [-0.2, -0.15) is 0 Å². The van der Waals surface area contributed by atoms with Gasteiger partial charge in [0, 0.05) is 6.04 Å². The Morgan fingerprint density at radius 1 is 1.44 bits per heavy atom. The zero-order chi connectivity index (χ0) is 12.0. The average molecular weight is 227 g/mol. The Morgan fingerprint density at radius 3 is 2.56 bits per heavy atom. The Hall–Kier alpha value is -0.770. The second-order valence-corrected chi connectivity index (χ2v) is 5.18. The molecule has 94 valence electrons. The van der Waals surface area contributed by atoms with Gasteiger partial charge in [-0.1, -0.05) is 31.8 Å². The molecule has 1 aliphatic rings. The fourth-order valence-electron chi connectivity index (χ4n) is 2.32. The Morgan fingerprint density at radius 2 is 2.06 bits per heavy atom. The van der Waals surface area contributed by atoms with Crippen LogP contribution in [0.5, 0.6) is 0 Å². The quantitative estimate of drug-likeness (QED) is 0.316.